The first-order valence-corrected chi connectivity index (χ1v) is 6.32. The van der Waals surface area contributed by atoms with E-state index in [0.29, 0.717) is 31.5 Å². The number of aromatic nitrogens is 2. The van der Waals surface area contributed by atoms with Crippen molar-refractivity contribution in [3.8, 4) is 0 Å². The Morgan fingerprint density at radius 2 is 1.95 bits per heavy atom. The third kappa shape index (κ3) is 4.47. The Labute approximate surface area is 117 Å². The van der Waals surface area contributed by atoms with Crippen LogP contribution in [0, 0.1) is 5.82 Å². The van der Waals surface area contributed by atoms with Crippen LogP contribution in [0.4, 0.5) is 16.2 Å². The number of halogens is 1. The SMILES string of the molecule is COCCNc1nccc(NCc2ccc(F)cc2)n1. The number of ether oxygens (including phenoxy) is 1. The van der Waals surface area contributed by atoms with Gasteiger partial charge in [-0.2, -0.15) is 4.98 Å². The van der Waals surface area contributed by atoms with Crippen molar-refractivity contribution < 1.29 is 9.13 Å². The Kier molecular flexibility index (Phi) is 5.25. The quantitative estimate of drug-likeness (QED) is 0.760. The Bertz CT molecular complexity index is 533. The number of nitrogens with zero attached hydrogens (tertiary/aromatic N) is 2. The molecule has 0 saturated heterocycles. The summed E-state index contributed by atoms with van der Waals surface area (Å²) >= 11 is 0. The van der Waals surface area contributed by atoms with E-state index >= 15 is 0 Å². The number of nitrogens with one attached hydrogen (secondary N) is 2. The van der Waals surface area contributed by atoms with E-state index in [2.05, 4.69) is 20.6 Å². The monoisotopic (exact) mass is 276 g/mol. The van der Waals surface area contributed by atoms with Crippen LogP contribution in [0.15, 0.2) is 36.5 Å². The molecule has 0 fully saturated rings. The number of hydrogen-bond donors (Lipinski definition) is 2. The van der Waals surface area contributed by atoms with E-state index in [1.165, 1.54) is 12.1 Å². The highest BCUT2D eigenvalue weighted by molar-refractivity contribution is 5.40. The molecular formula is C14H17FN4O. The summed E-state index contributed by atoms with van der Waals surface area (Å²) in [6.45, 7) is 1.82. The standard InChI is InChI=1S/C14H17FN4O/c1-20-9-8-17-14-16-7-6-13(19-14)18-10-11-2-4-12(15)5-3-11/h2-7H,8-10H2,1H3,(H2,16,17,18,19). The molecule has 0 aliphatic rings. The molecule has 2 rings (SSSR count). The van der Waals surface area contributed by atoms with Gasteiger partial charge in [0.15, 0.2) is 0 Å². The molecule has 0 aliphatic heterocycles. The highest BCUT2D eigenvalue weighted by Crippen LogP contribution is 2.09. The van der Waals surface area contributed by atoms with Crippen LogP contribution in [0.25, 0.3) is 0 Å². The molecule has 5 nitrogen and oxygen atoms in total. The van der Waals surface area contributed by atoms with Gasteiger partial charge in [-0.05, 0) is 23.8 Å². The van der Waals surface area contributed by atoms with Crippen molar-refractivity contribution in [3.63, 3.8) is 0 Å². The van der Waals surface area contributed by atoms with Crippen molar-refractivity contribution in [3.05, 3.63) is 47.9 Å². The fraction of sp³-hybridized carbons (Fsp3) is 0.286. The van der Waals surface area contributed by atoms with Crippen molar-refractivity contribution in [2.45, 2.75) is 6.54 Å². The van der Waals surface area contributed by atoms with Crippen LogP contribution in [0.2, 0.25) is 0 Å². The van der Waals surface area contributed by atoms with Gasteiger partial charge in [-0.25, -0.2) is 9.37 Å². The third-order valence-electron chi connectivity index (χ3n) is 2.63. The average molecular weight is 276 g/mol. The minimum atomic E-state index is -0.236. The number of hydrogen-bond acceptors (Lipinski definition) is 5. The van der Waals surface area contributed by atoms with Crippen molar-refractivity contribution in [2.24, 2.45) is 0 Å². The zero-order valence-corrected chi connectivity index (χ0v) is 11.3. The minimum Gasteiger partial charge on any atom is -0.383 e. The lowest BCUT2D eigenvalue weighted by molar-refractivity contribution is 0.210. The van der Waals surface area contributed by atoms with Crippen LogP contribution in [0.5, 0.6) is 0 Å². The lowest BCUT2D eigenvalue weighted by Crippen LogP contribution is -2.11. The molecule has 106 valence electrons. The van der Waals surface area contributed by atoms with Crippen molar-refractivity contribution in [1.29, 1.82) is 0 Å². The summed E-state index contributed by atoms with van der Waals surface area (Å²) in [5.41, 5.74) is 0.985. The van der Waals surface area contributed by atoms with E-state index in [-0.39, 0.29) is 5.82 Å². The summed E-state index contributed by atoms with van der Waals surface area (Å²) in [7, 11) is 1.64. The van der Waals surface area contributed by atoms with Crippen LogP contribution >= 0.6 is 0 Å². The first-order chi connectivity index (χ1) is 9.78. The van der Waals surface area contributed by atoms with E-state index in [1.54, 1.807) is 31.5 Å². The van der Waals surface area contributed by atoms with Gasteiger partial charge < -0.3 is 15.4 Å². The second kappa shape index (κ2) is 7.40. The van der Waals surface area contributed by atoms with E-state index in [4.69, 9.17) is 4.74 Å². The van der Waals surface area contributed by atoms with Gasteiger partial charge >= 0.3 is 0 Å². The van der Waals surface area contributed by atoms with Crippen LogP contribution in [0.1, 0.15) is 5.56 Å². The summed E-state index contributed by atoms with van der Waals surface area (Å²) < 4.78 is 17.7. The molecule has 20 heavy (non-hydrogen) atoms. The van der Waals surface area contributed by atoms with Gasteiger partial charge in [0.25, 0.3) is 0 Å². The van der Waals surface area contributed by atoms with Crippen molar-refractivity contribution in [1.82, 2.24) is 9.97 Å². The Morgan fingerprint density at radius 1 is 1.15 bits per heavy atom. The molecule has 1 aromatic carbocycles. The number of methoxy groups -OCH3 is 1. The highest BCUT2D eigenvalue weighted by atomic mass is 19.1. The average Bonchev–Trinajstić information content (AvgIpc) is 2.47. The lowest BCUT2D eigenvalue weighted by Gasteiger charge is -2.08. The van der Waals surface area contributed by atoms with Crippen LogP contribution in [0.3, 0.4) is 0 Å². The van der Waals surface area contributed by atoms with Gasteiger partial charge in [-0.1, -0.05) is 12.1 Å². The maximum absolute atomic E-state index is 12.8. The maximum atomic E-state index is 12.8. The first kappa shape index (κ1) is 14.2. The Balaban J connectivity index is 1.89. The smallest absolute Gasteiger partial charge is 0.224 e. The van der Waals surface area contributed by atoms with Gasteiger partial charge in [-0.15, -0.1) is 0 Å². The first-order valence-electron chi connectivity index (χ1n) is 6.32. The zero-order chi connectivity index (χ0) is 14.2. The minimum absolute atomic E-state index is 0.236. The van der Waals surface area contributed by atoms with Crippen LogP contribution in [-0.4, -0.2) is 30.2 Å². The van der Waals surface area contributed by atoms with E-state index in [1.807, 2.05) is 0 Å². The molecule has 0 saturated carbocycles. The fourth-order valence-corrected chi connectivity index (χ4v) is 1.60. The Morgan fingerprint density at radius 3 is 2.70 bits per heavy atom. The van der Waals surface area contributed by atoms with Gasteiger partial charge in [-0.3, -0.25) is 0 Å². The Hall–Kier alpha value is -2.21. The van der Waals surface area contributed by atoms with Crippen molar-refractivity contribution >= 4 is 11.8 Å². The van der Waals surface area contributed by atoms with Gasteiger partial charge in [0.2, 0.25) is 5.95 Å². The number of rotatable bonds is 7. The molecule has 0 radical (unpaired) electrons. The zero-order valence-electron chi connectivity index (χ0n) is 11.3. The molecular weight excluding hydrogens is 259 g/mol. The number of benzene rings is 1. The van der Waals surface area contributed by atoms with Crippen LogP contribution < -0.4 is 10.6 Å². The summed E-state index contributed by atoms with van der Waals surface area (Å²) in [5.74, 6) is 1.02. The summed E-state index contributed by atoms with van der Waals surface area (Å²) in [6, 6.07) is 8.14. The molecule has 6 heteroatoms. The van der Waals surface area contributed by atoms with Crippen LogP contribution in [-0.2, 0) is 11.3 Å². The fourth-order valence-electron chi connectivity index (χ4n) is 1.60. The highest BCUT2D eigenvalue weighted by Gasteiger charge is 1.99. The van der Waals surface area contributed by atoms with Gasteiger partial charge in [0.1, 0.15) is 11.6 Å². The predicted octanol–water partition coefficient (Wildman–Crippen LogP) is 2.29. The van der Waals surface area contributed by atoms with Gasteiger partial charge in [0.05, 0.1) is 6.61 Å². The lowest BCUT2D eigenvalue weighted by atomic mass is 10.2. The molecule has 0 bridgehead atoms. The van der Waals surface area contributed by atoms with Gasteiger partial charge in [0, 0.05) is 26.4 Å². The molecule has 0 spiro atoms. The second-order valence-electron chi connectivity index (χ2n) is 4.17. The van der Waals surface area contributed by atoms with E-state index < -0.39 is 0 Å². The molecule has 0 aliphatic carbocycles. The molecule has 1 heterocycles. The van der Waals surface area contributed by atoms with Crippen molar-refractivity contribution in [2.75, 3.05) is 30.9 Å². The molecule has 1 aromatic heterocycles. The topological polar surface area (TPSA) is 59.1 Å². The largest absolute Gasteiger partial charge is 0.383 e. The van der Waals surface area contributed by atoms with E-state index in [9.17, 15) is 4.39 Å². The number of anilines is 2. The maximum Gasteiger partial charge on any atom is 0.224 e. The normalized spacial score (nSPS) is 10.3. The summed E-state index contributed by atoms with van der Waals surface area (Å²) in [4.78, 5) is 8.42. The molecule has 0 atom stereocenters. The molecule has 0 amide bonds. The predicted molar refractivity (Wildman–Crippen MR) is 76.1 cm³/mol. The molecule has 2 N–H and O–H groups in total. The molecule has 2 aromatic rings. The third-order valence-corrected chi connectivity index (χ3v) is 2.63. The van der Waals surface area contributed by atoms with E-state index in [0.717, 1.165) is 5.56 Å². The molecule has 0 unspecified atom stereocenters. The second-order valence-corrected chi connectivity index (χ2v) is 4.17. The summed E-state index contributed by atoms with van der Waals surface area (Å²) in [5, 5.41) is 6.22. The summed E-state index contributed by atoms with van der Waals surface area (Å²) in [6.07, 6.45) is 1.68.